The molecule has 0 radical (unpaired) electrons. The molecule has 1 aliphatic heterocycles. The molecule has 0 bridgehead atoms. The number of amides is 2. The molecule has 2 atom stereocenters. The molecule has 2 aromatic carbocycles. The molecule has 0 saturated heterocycles. The lowest BCUT2D eigenvalue weighted by Crippen LogP contribution is -2.50. The predicted molar refractivity (Wildman–Crippen MR) is 119 cm³/mol. The number of rotatable bonds is 7. The zero-order valence-electron chi connectivity index (χ0n) is 18.9. The van der Waals surface area contributed by atoms with Gasteiger partial charge in [0.05, 0.1) is 20.3 Å². The number of carbonyl (C=O) groups is 1. The van der Waals surface area contributed by atoms with E-state index in [1.54, 1.807) is 26.4 Å². The van der Waals surface area contributed by atoms with Crippen molar-refractivity contribution >= 4 is 6.03 Å². The van der Waals surface area contributed by atoms with Crippen molar-refractivity contribution in [2.45, 2.75) is 51.9 Å². The molecule has 0 saturated carbocycles. The maximum absolute atomic E-state index is 14.4. The van der Waals surface area contributed by atoms with Gasteiger partial charge in [0.25, 0.3) is 0 Å². The van der Waals surface area contributed by atoms with E-state index in [0.29, 0.717) is 23.6 Å². The molecule has 0 fully saturated rings. The molecule has 2 amide bonds. The molecule has 1 aliphatic rings. The predicted octanol–water partition coefficient (Wildman–Crippen LogP) is 4.04. The van der Waals surface area contributed by atoms with Crippen molar-refractivity contribution in [3.8, 4) is 11.5 Å². The second-order valence-corrected chi connectivity index (χ2v) is 8.22. The third-order valence-electron chi connectivity index (χ3n) is 5.61. The largest absolute Gasteiger partial charge is 0.493 e. The SMILES string of the molecule is COc1cc2c(cc1OC)[C@H]([C@@H](C)NC(=O)NC(C)C)N(Cc1ccccc1F)CC2. The summed E-state index contributed by atoms with van der Waals surface area (Å²) in [6.45, 7) is 7.00. The molecule has 2 aromatic rings. The summed E-state index contributed by atoms with van der Waals surface area (Å²) >= 11 is 0. The minimum absolute atomic E-state index is 0.0321. The minimum atomic E-state index is -0.225. The minimum Gasteiger partial charge on any atom is -0.493 e. The summed E-state index contributed by atoms with van der Waals surface area (Å²) in [6, 6.07) is 10.2. The number of urea groups is 1. The quantitative estimate of drug-likeness (QED) is 0.697. The smallest absolute Gasteiger partial charge is 0.315 e. The van der Waals surface area contributed by atoms with Gasteiger partial charge in [-0.15, -0.1) is 0 Å². The van der Waals surface area contributed by atoms with Gasteiger partial charge in [0.2, 0.25) is 0 Å². The molecule has 6 nitrogen and oxygen atoms in total. The Morgan fingerprint density at radius 2 is 1.81 bits per heavy atom. The third-order valence-corrected chi connectivity index (χ3v) is 5.61. The molecule has 31 heavy (non-hydrogen) atoms. The fourth-order valence-electron chi connectivity index (χ4n) is 4.23. The average Bonchev–Trinajstić information content (AvgIpc) is 2.73. The first-order chi connectivity index (χ1) is 14.8. The Labute approximate surface area is 183 Å². The number of benzene rings is 2. The second kappa shape index (κ2) is 10.0. The van der Waals surface area contributed by atoms with Crippen LogP contribution in [0.1, 0.15) is 43.5 Å². The van der Waals surface area contributed by atoms with E-state index in [-0.39, 0.29) is 30.0 Å². The van der Waals surface area contributed by atoms with Crippen LogP contribution < -0.4 is 20.1 Å². The van der Waals surface area contributed by atoms with Crippen molar-refractivity contribution in [1.82, 2.24) is 15.5 Å². The number of methoxy groups -OCH3 is 2. The lowest BCUT2D eigenvalue weighted by molar-refractivity contribution is 0.141. The van der Waals surface area contributed by atoms with Gasteiger partial charge in [0.15, 0.2) is 11.5 Å². The summed E-state index contributed by atoms with van der Waals surface area (Å²) in [6.07, 6.45) is 0.797. The summed E-state index contributed by atoms with van der Waals surface area (Å²) < 4.78 is 25.4. The molecule has 7 heteroatoms. The molecule has 0 aromatic heterocycles. The van der Waals surface area contributed by atoms with Crippen LogP contribution in [0.5, 0.6) is 11.5 Å². The topological polar surface area (TPSA) is 62.8 Å². The van der Waals surface area contributed by atoms with Gasteiger partial charge in [-0.2, -0.15) is 0 Å². The Balaban J connectivity index is 1.97. The van der Waals surface area contributed by atoms with Crippen molar-refractivity contribution in [2.75, 3.05) is 20.8 Å². The summed E-state index contributed by atoms with van der Waals surface area (Å²) in [5, 5.41) is 5.94. The maximum atomic E-state index is 14.4. The summed E-state index contributed by atoms with van der Waals surface area (Å²) in [4.78, 5) is 14.6. The number of halogens is 1. The van der Waals surface area contributed by atoms with E-state index < -0.39 is 0 Å². The number of nitrogens with zero attached hydrogens (tertiary/aromatic N) is 1. The van der Waals surface area contributed by atoms with Gasteiger partial charge >= 0.3 is 6.03 Å². The molecule has 0 spiro atoms. The van der Waals surface area contributed by atoms with Gasteiger partial charge in [0.1, 0.15) is 5.82 Å². The second-order valence-electron chi connectivity index (χ2n) is 8.22. The third kappa shape index (κ3) is 5.28. The highest BCUT2D eigenvalue weighted by Crippen LogP contribution is 2.40. The zero-order chi connectivity index (χ0) is 22.5. The van der Waals surface area contributed by atoms with Gasteiger partial charge in [-0.1, -0.05) is 18.2 Å². The molecule has 2 N–H and O–H groups in total. The lowest BCUT2D eigenvalue weighted by Gasteiger charge is -2.41. The van der Waals surface area contributed by atoms with Gasteiger partial charge in [-0.05, 0) is 56.5 Å². The highest BCUT2D eigenvalue weighted by molar-refractivity contribution is 5.74. The summed E-state index contributed by atoms with van der Waals surface area (Å²) in [7, 11) is 3.23. The van der Waals surface area contributed by atoms with Crippen molar-refractivity contribution in [3.05, 3.63) is 58.9 Å². The first kappa shape index (κ1) is 22.9. The van der Waals surface area contributed by atoms with Crippen LogP contribution in [0.3, 0.4) is 0 Å². The van der Waals surface area contributed by atoms with E-state index in [4.69, 9.17) is 9.47 Å². The van der Waals surface area contributed by atoms with Crippen molar-refractivity contribution in [2.24, 2.45) is 0 Å². The Hall–Kier alpha value is -2.80. The van der Waals surface area contributed by atoms with Crippen LogP contribution in [-0.4, -0.2) is 43.8 Å². The standard InChI is InChI=1S/C24H32FN3O3/c1-15(2)26-24(29)27-16(3)23-19-13-22(31-5)21(30-4)12-17(19)10-11-28(23)14-18-8-6-7-9-20(18)25/h6-9,12-13,15-16,23H,10-11,14H2,1-5H3,(H2,26,27,29)/t16-,23+/m1/s1. The zero-order valence-corrected chi connectivity index (χ0v) is 18.9. The number of fused-ring (bicyclic) bond motifs is 1. The Kier molecular flexibility index (Phi) is 7.38. The monoisotopic (exact) mass is 429 g/mol. The summed E-state index contributed by atoms with van der Waals surface area (Å²) in [5.74, 6) is 1.09. The molecular formula is C24H32FN3O3. The summed E-state index contributed by atoms with van der Waals surface area (Å²) in [5.41, 5.74) is 2.83. The van der Waals surface area contributed by atoms with Crippen molar-refractivity contribution in [1.29, 1.82) is 0 Å². The Morgan fingerprint density at radius 1 is 1.13 bits per heavy atom. The Morgan fingerprint density at radius 3 is 2.45 bits per heavy atom. The highest BCUT2D eigenvalue weighted by atomic mass is 19.1. The molecule has 0 unspecified atom stereocenters. The number of nitrogens with one attached hydrogen (secondary N) is 2. The highest BCUT2D eigenvalue weighted by Gasteiger charge is 2.34. The molecule has 0 aliphatic carbocycles. The Bertz CT molecular complexity index is 919. The van der Waals surface area contributed by atoms with Crippen LogP contribution in [0.15, 0.2) is 36.4 Å². The molecule has 3 rings (SSSR count). The van der Waals surface area contributed by atoms with E-state index in [1.807, 2.05) is 39.0 Å². The van der Waals surface area contributed by atoms with Gasteiger partial charge in [0, 0.05) is 30.7 Å². The van der Waals surface area contributed by atoms with Crippen LogP contribution in [0.25, 0.3) is 0 Å². The number of hydrogen-bond donors (Lipinski definition) is 2. The number of carbonyl (C=O) groups excluding carboxylic acids is 1. The van der Waals surface area contributed by atoms with Crippen LogP contribution >= 0.6 is 0 Å². The molecule has 168 valence electrons. The van der Waals surface area contributed by atoms with E-state index >= 15 is 0 Å². The molecule has 1 heterocycles. The van der Waals surface area contributed by atoms with E-state index in [0.717, 1.165) is 24.1 Å². The van der Waals surface area contributed by atoms with Gasteiger partial charge in [-0.25, -0.2) is 9.18 Å². The maximum Gasteiger partial charge on any atom is 0.315 e. The van der Waals surface area contributed by atoms with Crippen LogP contribution in [0.4, 0.5) is 9.18 Å². The van der Waals surface area contributed by atoms with Gasteiger partial charge in [-0.3, -0.25) is 4.90 Å². The van der Waals surface area contributed by atoms with E-state index in [9.17, 15) is 9.18 Å². The fourth-order valence-corrected chi connectivity index (χ4v) is 4.23. The number of hydrogen-bond acceptors (Lipinski definition) is 4. The van der Waals surface area contributed by atoms with Crippen molar-refractivity contribution < 1.29 is 18.7 Å². The average molecular weight is 430 g/mol. The van der Waals surface area contributed by atoms with Crippen LogP contribution in [-0.2, 0) is 13.0 Å². The molecular weight excluding hydrogens is 397 g/mol. The fraction of sp³-hybridized carbons (Fsp3) is 0.458. The number of ether oxygens (including phenoxy) is 2. The van der Waals surface area contributed by atoms with Crippen LogP contribution in [0.2, 0.25) is 0 Å². The van der Waals surface area contributed by atoms with E-state index in [1.165, 1.54) is 6.07 Å². The lowest BCUT2D eigenvalue weighted by atomic mass is 9.87. The van der Waals surface area contributed by atoms with Gasteiger partial charge < -0.3 is 20.1 Å². The van der Waals surface area contributed by atoms with Crippen molar-refractivity contribution in [3.63, 3.8) is 0 Å². The van der Waals surface area contributed by atoms with Crippen LogP contribution in [0, 0.1) is 5.82 Å². The first-order valence-electron chi connectivity index (χ1n) is 10.6. The normalized spacial score (nSPS) is 17.1. The van der Waals surface area contributed by atoms with E-state index in [2.05, 4.69) is 15.5 Å². The first-order valence-corrected chi connectivity index (χ1v) is 10.6.